The lowest BCUT2D eigenvalue weighted by molar-refractivity contribution is -0.553. The van der Waals surface area contributed by atoms with Crippen molar-refractivity contribution in [2.75, 3.05) is 14.1 Å². The largest absolute Gasteiger partial charge is 0.414 e. The number of nitrogens with zero attached hydrogens (tertiary/aromatic N) is 5. The highest BCUT2D eigenvalue weighted by molar-refractivity contribution is 6.30. The third-order valence-electron chi connectivity index (χ3n) is 5.62. The first kappa shape index (κ1) is 21.7. The number of carbonyl (C=O) groups is 2. The molecule has 0 spiro atoms. The number of likely N-dealkylation sites (N-methyl/N-ethyl adjacent to an activating group) is 2. The molecule has 4 rings (SSSR count). The summed E-state index contributed by atoms with van der Waals surface area (Å²) in [7, 11) is 3.10. The van der Waals surface area contributed by atoms with E-state index in [9.17, 15) is 9.59 Å². The van der Waals surface area contributed by atoms with Crippen molar-refractivity contribution < 1.29 is 14.2 Å². The number of imide groups is 1. The normalized spacial score (nSPS) is 18.5. The highest BCUT2D eigenvalue weighted by Crippen LogP contribution is 2.21. The Labute approximate surface area is 191 Å². The molecule has 2 aromatic rings. The summed E-state index contributed by atoms with van der Waals surface area (Å²) in [5, 5.41) is 4.94. The fourth-order valence-corrected chi connectivity index (χ4v) is 3.85. The number of aliphatic imine (C=N–C) groups is 1. The van der Waals surface area contributed by atoms with Gasteiger partial charge < -0.3 is 0 Å². The van der Waals surface area contributed by atoms with Gasteiger partial charge in [-0.25, -0.2) is 9.37 Å². The zero-order chi connectivity index (χ0) is 23.0. The third kappa shape index (κ3) is 4.01. The van der Waals surface area contributed by atoms with E-state index in [4.69, 9.17) is 11.6 Å². The summed E-state index contributed by atoms with van der Waals surface area (Å²) in [6.07, 6.45) is 1.64. The molecule has 0 bridgehead atoms. The molecule has 2 aliphatic rings. The second-order valence-corrected chi connectivity index (χ2v) is 8.35. The minimum Gasteiger partial charge on any atom is -0.270 e. The summed E-state index contributed by atoms with van der Waals surface area (Å²) in [6, 6.07) is 12.3. The molecule has 9 heteroatoms. The number of rotatable bonds is 4. The van der Waals surface area contributed by atoms with Crippen LogP contribution in [0.25, 0.3) is 0 Å². The average Bonchev–Trinajstić information content (AvgIpc) is 3.13. The van der Waals surface area contributed by atoms with Gasteiger partial charge in [-0.1, -0.05) is 52.5 Å². The maximum Gasteiger partial charge on any atom is 0.414 e. The van der Waals surface area contributed by atoms with Gasteiger partial charge in [0.05, 0.1) is 12.8 Å². The van der Waals surface area contributed by atoms with Crippen LogP contribution in [0.1, 0.15) is 22.3 Å². The maximum atomic E-state index is 13.1. The predicted octanol–water partition coefficient (Wildman–Crippen LogP) is 2.75. The van der Waals surface area contributed by atoms with Crippen LogP contribution in [-0.2, 0) is 11.3 Å². The first-order valence-corrected chi connectivity index (χ1v) is 10.5. The smallest absolute Gasteiger partial charge is 0.270 e. The van der Waals surface area contributed by atoms with Crippen LogP contribution in [0.2, 0.25) is 5.02 Å². The summed E-state index contributed by atoms with van der Waals surface area (Å²) in [5.74, 6) is 0.461. The highest BCUT2D eigenvalue weighted by Gasteiger charge is 2.51. The van der Waals surface area contributed by atoms with E-state index in [0.717, 1.165) is 27.2 Å². The molecule has 2 aromatic carbocycles. The van der Waals surface area contributed by atoms with E-state index >= 15 is 0 Å². The molecule has 0 saturated carbocycles. The van der Waals surface area contributed by atoms with E-state index in [1.54, 1.807) is 25.4 Å². The fourth-order valence-electron chi connectivity index (χ4n) is 3.72. The van der Waals surface area contributed by atoms with Crippen molar-refractivity contribution in [1.82, 2.24) is 15.2 Å². The van der Waals surface area contributed by atoms with Crippen molar-refractivity contribution in [1.29, 1.82) is 0 Å². The van der Waals surface area contributed by atoms with Crippen molar-refractivity contribution in [3.8, 4) is 0 Å². The zero-order valence-corrected chi connectivity index (χ0v) is 19.1. The monoisotopic (exact) mass is 451 g/mol. The molecule has 32 heavy (non-hydrogen) atoms. The molecule has 3 amide bonds. The molecule has 1 atom stereocenters. The van der Waals surface area contributed by atoms with Crippen molar-refractivity contribution >= 4 is 41.5 Å². The van der Waals surface area contributed by atoms with Gasteiger partial charge in [-0.2, -0.15) is 5.43 Å². The predicted molar refractivity (Wildman–Crippen MR) is 124 cm³/mol. The lowest BCUT2D eigenvalue weighted by Crippen LogP contribution is -2.61. The van der Waals surface area contributed by atoms with E-state index in [0.29, 0.717) is 23.4 Å². The SMILES string of the molecule is Cc1ccc(C)c(C[N+]2=C(N/N=C/c3ccc(Cl)cc3)N=C3C2C(=O)N(C)C(=O)N3C)c1. The molecule has 164 valence electrons. The van der Waals surface area contributed by atoms with Crippen molar-refractivity contribution in [2.24, 2.45) is 10.1 Å². The molecular formula is C23H24ClN6O2+. The van der Waals surface area contributed by atoms with E-state index in [2.05, 4.69) is 33.7 Å². The van der Waals surface area contributed by atoms with E-state index in [-0.39, 0.29) is 5.91 Å². The van der Waals surface area contributed by atoms with Gasteiger partial charge in [0.1, 0.15) is 0 Å². The zero-order valence-electron chi connectivity index (χ0n) is 18.3. The molecule has 1 unspecified atom stereocenters. The standard InChI is InChI=1S/C23H23ClN6O2/c1-14-5-6-15(2)17(11-14)13-30-19-20(28(3)23(32)29(4)21(19)31)26-22(30)27-25-12-16-7-9-18(24)10-8-16/h5-12,19H,13H2,1-4H3/p+1/b25-12+. The molecule has 1 fully saturated rings. The molecule has 0 aromatic heterocycles. The second-order valence-electron chi connectivity index (χ2n) is 7.91. The first-order valence-electron chi connectivity index (χ1n) is 10.1. The number of guanidine groups is 1. The first-order chi connectivity index (χ1) is 15.3. The van der Waals surface area contributed by atoms with Crippen LogP contribution in [0.5, 0.6) is 0 Å². The quantitative estimate of drug-likeness (QED) is 0.441. The Bertz CT molecular complexity index is 1190. The molecule has 1 saturated heterocycles. The average molecular weight is 452 g/mol. The number of hydrogen-bond donors (Lipinski definition) is 1. The van der Waals surface area contributed by atoms with Crippen LogP contribution >= 0.6 is 11.6 Å². The Morgan fingerprint density at radius 1 is 1.12 bits per heavy atom. The number of amides is 3. The Morgan fingerprint density at radius 2 is 1.84 bits per heavy atom. The number of hydrazone groups is 1. The summed E-state index contributed by atoms with van der Waals surface area (Å²) >= 11 is 5.93. The van der Waals surface area contributed by atoms with Crippen LogP contribution in [0, 0.1) is 13.8 Å². The van der Waals surface area contributed by atoms with Gasteiger partial charge in [0.15, 0.2) is 0 Å². The van der Waals surface area contributed by atoms with Crippen LogP contribution in [-0.4, -0.2) is 64.5 Å². The minimum absolute atomic E-state index is 0.323. The Balaban J connectivity index is 1.70. The number of amidine groups is 1. The summed E-state index contributed by atoms with van der Waals surface area (Å²) in [4.78, 5) is 32.6. The van der Waals surface area contributed by atoms with Gasteiger partial charge in [0.25, 0.3) is 5.91 Å². The van der Waals surface area contributed by atoms with Crippen molar-refractivity contribution in [2.45, 2.75) is 26.4 Å². The van der Waals surface area contributed by atoms with Gasteiger partial charge in [-0.05, 0) is 42.7 Å². The van der Waals surface area contributed by atoms with E-state index < -0.39 is 12.1 Å². The lowest BCUT2D eigenvalue weighted by atomic mass is 10.0. The lowest BCUT2D eigenvalue weighted by Gasteiger charge is -2.31. The summed E-state index contributed by atoms with van der Waals surface area (Å²) < 4.78 is 1.85. The van der Waals surface area contributed by atoms with Gasteiger partial charge in [-0.3, -0.25) is 14.6 Å². The van der Waals surface area contributed by atoms with Crippen molar-refractivity contribution in [3.05, 3.63) is 69.7 Å². The Morgan fingerprint density at radius 3 is 2.56 bits per heavy atom. The number of benzene rings is 2. The van der Waals surface area contributed by atoms with Crippen LogP contribution in [0.15, 0.2) is 52.6 Å². The van der Waals surface area contributed by atoms with E-state index in [1.807, 2.05) is 30.6 Å². The minimum atomic E-state index is -0.712. The number of carbonyl (C=O) groups excluding carboxylic acids is 2. The van der Waals surface area contributed by atoms with Gasteiger partial charge >= 0.3 is 12.0 Å². The highest BCUT2D eigenvalue weighted by atomic mass is 35.5. The Kier molecular flexibility index (Phi) is 5.80. The third-order valence-corrected chi connectivity index (χ3v) is 5.88. The number of aryl methyl sites for hydroxylation is 2. The van der Waals surface area contributed by atoms with Crippen LogP contribution in [0.3, 0.4) is 0 Å². The molecule has 0 aliphatic carbocycles. The van der Waals surface area contributed by atoms with Crippen LogP contribution in [0.4, 0.5) is 4.79 Å². The second kappa shape index (κ2) is 8.55. The molecule has 1 N–H and O–H groups in total. The van der Waals surface area contributed by atoms with E-state index in [1.165, 1.54) is 11.9 Å². The van der Waals surface area contributed by atoms with Crippen molar-refractivity contribution in [3.63, 3.8) is 0 Å². The van der Waals surface area contributed by atoms with Crippen LogP contribution < -0.4 is 5.43 Å². The number of hydrogen-bond acceptors (Lipinski definition) is 5. The fraction of sp³-hybridized carbons (Fsp3) is 0.261. The number of halogens is 1. The number of urea groups is 1. The number of nitrogens with one attached hydrogen (secondary N) is 1. The molecule has 2 heterocycles. The number of fused-ring (bicyclic) bond motifs is 1. The Hall–Kier alpha value is -3.52. The van der Waals surface area contributed by atoms with Gasteiger partial charge in [-0.15, -0.1) is 5.10 Å². The molecule has 2 aliphatic heterocycles. The summed E-state index contributed by atoms with van der Waals surface area (Å²) in [5.41, 5.74) is 7.11. The molecule has 0 radical (unpaired) electrons. The van der Waals surface area contributed by atoms with Gasteiger partial charge in [0.2, 0.25) is 11.9 Å². The van der Waals surface area contributed by atoms with Gasteiger partial charge in [0, 0.05) is 19.1 Å². The molecule has 8 nitrogen and oxygen atoms in total. The molecular weight excluding hydrogens is 428 g/mol. The topological polar surface area (TPSA) is 80.4 Å². The maximum absolute atomic E-state index is 13.1. The summed E-state index contributed by atoms with van der Waals surface area (Å²) in [6.45, 7) is 4.49.